The van der Waals surface area contributed by atoms with Crippen molar-refractivity contribution in [3.8, 4) is 0 Å². The molecular formula is C26H56ClNO. The van der Waals surface area contributed by atoms with E-state index in [1.165, 1.54) is 129 Å². The van der Waals surface area contributed by atoms with E-state index in [2.05, 4.69) is 27.9 Å². The van der Waals surface area contributed by atoms with Crippen molar-refractivity contribution in [1.82, 2.24) is 0 Å². The van der Waals surface area contributed by atoms with Crippen LogP contribution >= 0.6 is 0 Å². The molecule has 0 aliphatic carbocycles. The summed E-state index contributed by atoms with van der Waals surface area (Å²) >= 11 is 0. The molecule has 0 unspecified atom stereocenters. The zero-order chi connectivity index (χ0) is 20.8. The third-order valence-electron chi connectivity index (χ3n) is 6.02. The molecule has 0 aromatic rings. The van der Waals surface area contributed by atoms with Gasteiger partial charge in [-0.15, -0.1) is 0 Å². The van der Waals surface area contributed by atoms with Gasteiger partial charge in [-0.2, -0.15) is 0 Å². The highest BCUT2D eigenvalue weighted by molar-refractivity contribution is 4.50. The van der Waals surface area contributed by atoms with Crippen LogP contribution in [0.1, 0.15) is 129 Å². The maximum atomic E-state index is 5.82. The Morgan fingerprint density at radius 1 is 0.448 bits per heavy atom. The van der Waals surface area contributed by atoms with Gasteiger partial charge in [0.2, 0.25) is 0 Å². The topological polar surface area (TPSA) is 9.23 Å². The number of unbranched alkanes of at least 4 members (excludes halogenated alkanes) is 15. The first-order valence-electron chi connectivity index (χ1n) is 13.0. The lowest BCUT2D eigenvalue weighted by atomic mass is 10.0. The molecule has 29 heavy (non-hydrogen) atoms. The SMILES string of the molecule is CCCCCCCCCCCCCCCCCCOCCC[N+](C)(C)CCC.[Cl-]. The molecule has 0 atom stereocenters. The molecule has 2 nitrogen and oxygen atoms in total. The van der Waals surface area contributed by atoms with E-state index in [-0.39, 0.29) is 12.4 Å². The third-order valence-corrected chi connectivity index (χ3v) is 6.02. The van der Waals surface area contributed by atoms with Gasteiger partial charge < -0.3 is 21.6 Å². The summed E-state index contributed by atoms with van der Waals surface area (Å²) in [4.78, 5) is 0. The van der Waals surface area contributed by atoms with E-state index in [1.54, 1.807) is 0 Å². The van der Waals surface area contributed by atoms with E-state index in [9.17, 15) is 0 Å². The minimum absolute atomic E-state index is 0. The zero-order valence-electron chi connectivity index (χ0n) is 20.8. The fourth-order valence-corrected chi connectivity index (χ4v) is 4.17. The van der Waals surface area contributed by atoms with Crippen molar-refractivity contribution < 1.29 is 21.6 Å². The monoisotopic (exact) mass is 433 g/mol. The van der Waals surface area contributed by atoms with Crippen LogP contribution in [0.25, 0.3) is 0 Å². The van der Waals surface area contributed by atoms with Crippen molar-refractivity contribution >= 4 is 0 Å². The lowest BCUT2D eigenvalue weighted by Gasteiger charge is -2.29. The maximum Gasteiger partial charge on any atom is 0.0804 e. The van der Waals surface area contributed by atoms with Crippen molar-refractivity contribution in [2.45, 2.75) is 129 Å². The van der Waals surface area contributed by atoms with E-state index in [1.807, 2.05) is 0 Å². The summed E-state index contributed by atoms with van der Waals surface area (Å²) < 4.78 is 6.95. The van der Waals surface area contributed by atoms with Crippen LogP contribution in [0, 0.1) is 0 Å². The molecule has 0 saturated heterocycles. The average Bonchev–Trinajstić information content (AvgIpc) is 2.66. The highest BCUT2D eigenvalue weighted by Crippen LogP contribution is 2.13. The molecule has 0 amide bonds. The van der Waals surface area contributed by atoms with Gasteiger partial charge in [0, 0.05) is 13.0 Å². The number of hydrogen-bond acceptors (Lipinski definition) is 1. The van der Waals surface area contributed by atoms with Crippen LogP contribution in [-0.2, 0) is 4.74 Å². The molecule has 0 saturated carbocycles. The second-order valence-corrected chi connectivity index (χ2v) is 9.65. The van der Waals surface area contributed by atoms with Gasteiger partial charge in [-0.25, -0.2) is 0 Å². The Morgan fingerprint density at radius 2 is 0.828 bits per heavy atom. The first-order chi connectivity index (χ1) is 13.6. The van der Waals surface area contributed by atoms with E-state index in [0.29, 0.717) is 0 Å². The Bertz CT molecular complexity index is 296. The lowest BCUT2D eigenvalue weighted by molar-refractivity contribution is -0.890. The van der Waals surface area contributed by atoms with E-state index >= 15 is 0 Å². The van der Waals surface area contributed by atoms with Gasteiger partial charge in [0.05, 0.1) is 33.8 Å². The van der Waals surface area contributed by atoms with Crippen molar-refractivity contribution in [3.05, 3.63) is 0 Å². The number of quaternary nitrogens is 1. The van der Waals surface area contributed by atoms with Gasteiger partial charge >= 0.3 is 0 Å². The first kappa shape index (κ1) is 31.4. The average molecular weight is 434 g/mol. The van der Waals surface area contributed by atoms with Gasteiger partial charge in [-0.1, -0.05) is 110 Å². The molecule has 0 heterocycles. The molecule has 0 aromatic heterocycles. The van der Waals surface area contributed by atoms with Crippen LogP contribution in [0.3, 0.4) is 0 Å². The summed E-state index contributed by atoms with van der Waals surface area (Å²) in [6.07, 6.45) is 25.4. The quantitative estimate of drug-likeness (QED) is 0.160. The predicted molar refractivity (Wildman–Crippen MR) is 127 cm³/mol. The second kappa shape index (κ2) is 24.5. The summed E-state index contributed by atoms with van der Waals surface area (Å²) in [6, 6.07) is 0. The number of nitrogens with zero attached hydrogens (tertiary/aromatic N) is 1. The maximum absolute atomic E-state index is 5.82. The number of halogens is 1. The number of hydrogen-bond donors (Lipinski definition) is 0. The molecular weight excluding hydrogens is 378 g/mol. The molecule has 0 aromatic carbocycles. The molecule has 0 N–H and O–H groups in total. The van der Waals surface area contributed by atoms with Gasteiger partial charge in [0.25, 0.3) is 0 Å². The van der Waals surface area contributed by atoms with Crippen LogP contribution < -0.4 is 12.4 Å². The van der Waals surface area contributed by atoms with Crippen LogP contribution in [0.15, 0.2) is 0 Å². The molecule has 0 radical (unpaired) electrons. The largest absolute Gasteiger partial charge is 1.00 e. The molecule has 0 bridgehead atoms. The summed E-state index contributed by atoms with van der Waals surface area (Å²) in [5.74, 6) is 0. The second-order valence-electron chi connectivity index (χ2n) is 9.65. The third kappa shape index (κ3) is 26.2. The predicted octanol–water partition coefficient (Wildman–Crippen LogP) is 5.15. The fraction of sp³-hybridized carbons (Fsp3) is 1.00. The minimum atomic E-state index is 0. The molecule has 0 spiro atoms. The normalized spacial score (nSPS) is 11.6. The summed E-state index contributed by atoms with van der Waals surface area (Å²) in [7, 11) is 4.66. The van der Waals surface area contributed by atoms with Gasteiger partial charge in [-0.3, -0.25) is 0 Å². The fourth-order valence-electron chi connectivity index (χ4n) is 4.17. The molecule has 0 aliphatic heterocycles. The van der Waals surface area contributed by atoms with Crippen molar-refractivity contribution in [2.24, 2.45) is 0 Å². The minimum Gasteiger partial charge on any atom is -1.00 e. The van der Waals surface area contributed by atoms with Gasteiger partial charge in [0.15, 0.2) is 0 Å². The van der Waals surface area contributed by atoms with Crippen LogP contribution in [-0.4, -0.2) is 44.9 Å². The summed E-state index contributed by atoms with van der Waals surface area (Å²) in [5.41, 5.74) is 0. The highest BCUT2D eigenvalue weighted by atomic mass is 35.5. The van der Waals surface area contributed by atoms with Gasteiger partial charge in [0.1, 0.15) is 0 Å². The summed E-state index contributed by atoms with van der Waals surface area (Å²) in [6.45, 7) is 9.01. The van der Waals surface area contributed by atoms with Crippen LogP contribution in [0.4, 0.5) is 0 Å². The molecule has 3 heteroatoms. The Hall–Kier alpha value is 0.210. The molecule has 178 valence electrons. The van der Waals surface area contributed by atoms with E-state index < -0.39 is 0 Å². The van der Waals surface area contributed by atoms with Crippen molar-refractivity contribution in [2.75, 3.05) is 40.4 Å². The summed E-state index contributed by atoms with van der Waals surface area (Å²) in [5, 5.41) is 0. The van der Waals surface area contributed by atoms with E-state index in [4.69, 9.17) is 4.74 Å². The van der Waals surface area contributed by atoms with Crippen LogP contribution in [0.5, 0.6) is 0 Å². The first-order valence-corrected chi connectivity index (χ1v) is 13.0. The van der Waals surface area contributed by atoms with Gasteiger partial charge in [-0.05, 0) is 12.8 Å². The highest BCUT2D eigenvalue weighted by Gasteiger charge is 2.12. The number of rotatable bonds is 23. The Labute approximate surface area is 191 Å². The molecule has 0 rings (SSSR count). The van der Waals surface area contributed by atoms with Crippen molar-refractivity contribution in [1.29, 1.82) is 0 Å². The Kier molecular flexibility index (Phi) is 26.5. The van der Waals surface area contributed by atoms with E-state index in [0.717, 1.165) is 17.7 Å². The number of ether oxygens (including phenoxy) is 1. The lowest BCUT2D eigenvalue weighted by Crippen LogP contribution is -3.00. The smallest absolute Gasteiger partial charge is 0.0804 e. The Morgan fingerprint density at radius 3 is 1.24 bits per heavy atom. The standard InChI is InChI=1S/C26H56NO.ClH/c1-5-7-8-9-10-11-12-13-14-15-16-17-18-19-20-21-25-28-26-22-24-27(3,4)23-6-2;/h5-26H2,1-4H3;1H/q+1;/p-1. The zero-order valence-corrected chi connectivity index (χ0v) is 21.5. The van der Waals surface area contributed by atoms with Crippen molar-refractivity contribution in [3.63, 3.8) is 0 Å². The van der Waals surface area contributed by atoms with Crippen LogP contribution in [0.2, 0.25) is 0 Å². The molecule has 0 aliphatic rings. The Balaban J connectivity index is 0. The molecule has 0 fully saturated rings.